The number of phenolic OH excluding ortho intramolecular Hbond substituents is 2. The predicted molar refractivity (Wildman–Crippen MR) is 318 cm³/mol. The largest absolute Gasteiger partial charge is 0.508 e. The molecule has 8 rings (SSSR count). The summed E-state index contributed by atoms with van der Waals surface area (Å²) < 4.78 is 5.37. The van der Waals surface area contributed by atoms with Crippen LogP contribution in [0, 0.1) is 58.2 Å². The number of aliphatic carboxylic acids is 1. The molecule has 8 unspecified atom stereocenters. The van der Waals surface area contributed by atoms with Crippen molar-refractivity contribution < 1.29 is 39.9 Å². The van der Waals surface area contributed by atoms with Crippen LogP contribution in [-0.2, 0) is 27.2 Å². The van der Waals surface area contributed by atoms with Crippen molar-refractivity contribution in [2.24, 2.45) is 58.2 Å². The first-order valence-electron chi connectivity index (χ1n) is 33.1. The summed E-state index contributed by atoms with van der Waals surface area (Å²) in [7, 11) is 0. The Kier molecular flexibility index (Phi) is 24.7. The molecule has 0 spiro atoms. The molecule has 2 aromatic rings. The standard InChI is InChI=1S/C36H58O4.C34H54O4/c1-4-6-7-12-15-26(35(39)40-5-2)16-13-10-8-9-11-14-17-28-25-36(3)32(22-23-33(36)38)31-20-18-27-24-29(37)19-21-30(27)34(28)31;1-3-4-5-10-13-24(33(37)38)14-11-8-6-7-9-12-15-26-23-34(2)30(20-21-31(34)36)29-18-16-25-22-27(35)17-19-28(25)32(26)29/h19,21,24,26,28,31-34,37-38H,4-18,20,22-23,25H2,1-3H3;17,19,22,24,26,29-32,35-36H,3-16,18,20-21,23H2,1-2H3,(H,37,38)/t26?,28-,31?,32?,33-,34?,36-;24?,26-,29?,30?,31-,32?,34-/m00/s1. The van der Waals surface area contributed by atoms with Crippen LogP contribution in [0.2, 0.25) is 0 Å². The summed E-state index contributed by atoms with van der Waals surface area (Å²) >= 11 is 0. The highest BCUT2D eigenvalue weighted by Crippen LogP contribution is 2.65. The Morgan fingerprint density at radius 3 is 1.31 bits per heavy atom. The van der Waals surface area contributed by atoms with Gasteiger partial charge >= 0.3 is 11.9 Å². The number of rotatable bonds is 31. The van der Waals surface area contributed by atoms with Crippen molar-refractivity contribution in [1.82, 2.24) is 0 Å². The Bertz CT molecular complexity index is 2120. The molecule has 0 aromatic heterocycles. The van der Waals surface area contributed by atoms with Gasteiger partial charge in [0.25, 0.3) is 0 Å². The Morgan fingerprint density at radius 2 is 0.910 bits per heavy atom. The molecule has 6 aliphatic carbocycles. The molecule has 2 aromatic carbocycles. The number of carboxylic acids is 1. The first kappa shape index (κ1) is 62.5. The van der Waals surface area contributed by atoms with Crippen LogP contribution >= 0.6 is 0 Å². The van der Waals surface area contributed by atoms with Crippen molar-refractivity contribution in [3.63, 3.8) is 0 Å². The van der Waals surface area contributed by atoms with Crippen LogP contribution in [0.4, 0.5) is 0 Å². The van der Waals surface area contributed by atoms with Crippen molar-refractivity contribution >= 4 is 11.9 Å². The van der Waals surface area contributed by atoms with Crippen LogP contribution < -0.4 is 0 Å². The van der Waals surface area contributed by atoms with Gasteiger partial charge in [-0.3, -0.25) is 9.59 Å². The number of hydrogen-bond donors (Lipinski definition) is 5. The molecular weight excluding hydrogens is 969 g/mol. The second-order valence-electron chi connectivity index (χ2n) is 27.1. The zero-order chi connectivity index (χ0) is 55.7. The van der Waals surface area contributed by atoms with Crippen molar-refractivity contribution in [1.29, 1.82) is 0 Å². The molecule has 78 heavy (non-hydrogen) atoms. The van der Waals surface area contributed by atoms with E-state index in [1.807, 2.05) is 31.2 Å². The van der Waals surface area contributed by atoms with Gasteiger partial charge in [-0.1, -0.05) is 168 Å². The molecule has 0 heterocycles. The lowest BCUT2D eigenvalue weighted by molar-refractivity contribution is -0.148. The Balaban J connectivity index is 0.000000226. The van der Waals surface area contributed by atoms with Gasteiger partial charge in [0, 0.05) is 0 Å². The highest BCUT2D eigenvalue weighted by molar-refractivity contribution is 5.72. The summed E-state index contributed by atoms with van der Waals surface area (Å²) in [5, 5.41) is 51.8. The van der Waals surface area contributed by atoms with Crippen LogP contribution in [0.15, 0.2) is 36.4 Å². The Hall–Kier alpha value is -3.10. The summed E-state index contributed by atoms with van der Waals surface area (Å²) in [6, 6.07) is 12.2. The van der Waals surface area contributed by atoms with Gasteiger partial charge in [-0.25, -0.2) is 0 Å². The van der Waals surface area contributed by atoms with Gasteiger partial charge in [0.05, 0.1) is 30.7 Å². The Labute approximate surface area is 474 Å². The summed E-state index contributed by atoms with van der Waals surface area (Å²) in [6.45, 7) is 11.6. The van der Waals surface area contributed by atoms with Crippen molar-refractivity contribution in [3.05, 3.63) is 58.7 Å². The van der Waals surface area contributed by atoms with E-state index in [0.717, 1.165) is 103 Å². The number of aliphatic hydroxyl groups is 2. The molecule has 6 aliphatic rings. The van der Waals surface area contributed by atoms with Gasteiger partial charge < -0.3 is 30.3 Å². The van der Waals surface area contributed by atoms with Crippen LogP contribution in [0.25, 0.3) is 0 Å². The third-order valence-electron chi connectivity index (χ3n) is 22.1. The fourth-order valence-corrected chi connectivity index (χ4v) is 17.9. The summed E-state index contributed by atoms with van der Waals surface area (Å²) in [5.41, 5.74) is 5.83. The fraction of sp³-hybridized carbons (Fsp3) is 0.800. The SMILES string of the molecule is CCCCCCC(CCCCCCCC[C@H]1C[C@@]2(C)C(CC[C@@H]2O)C2CCc3cc(O)ccc3C21)C(=O)O.CCCCCCC(CCCCCCCC[C@H]1C[C@@]2(C)C(CC[C@@H]2O)C2CCc3cc(O)ccc3C21)C(=O)OCC. The minimum atomic E-state index is -0.602. The summed E-state index contributed by atoms with van der Waals surface area (Å²) in [6.07, 6.45) is 40.9. The van der Waals surface area contributed by atoms with Gasteiger partial charge in [-0.05, 0) is 214 Å². The van der Waals surface area contributed by atoms with Crippen molar-refractivity contribution in [3.8, 4) is 11.5 Å². The van der Waals surface area contributed by atoms with Crippen LogP contribution in [0.5, 0.6) is 11.5 Å². The lowest BCUT2D eigenvalue weighted by Gasteiger charge is -2.54. The number of ether oxygens (including phenoxy) is 1. The summed E-state index contributed by atoms with van der Waals surface area (Å²) in [5.74, 6) is 5.15. The van der Waals surface area contributed by atoms with Gasteiger partial charge in [-0.2, -0.15) is 0 Å². The maximum atomic E-state index is 12.4. The number of aromatic hydroxyl groups is 2. The van der Waals surface area contributed by atoms with Crippen LogP contribution in [0.1, 0.15) is 287 Å². The maximum Gasteiger partial charge on any atom is 0.308 e. The fourth-order valence-electron chi connectivity index (χ4n) is 17.9. The van der Waals surface area contributed by atoms with E-state index >= 15 is 0 Å². The van der Waals surface area contributed by atoms with Gasteiger partial charge in [0.2, 0.25) is 0 Å². The smallest absolute Gasteiger partial charge is 0.308 e. The van der Waals surface area contributed by atoms with Crippen LogP contribution in [-0.4, -0.2) is 56.3 Å². The molecule has 0 amide bonds. The predicted octanol–water partition coefficient (Wildman–Crippen LogP) is 17.7. The van der Waals surface area contributed by atoms with E-state index in [4.69, 9.17) is 4.74 Å². The van der Waals surface area contributed by atoms with Gasteiger partial charge in [0.15, 0.2) is 0 Å². The van der Waals surface area contributed by atoms with E-state index in [2.05, 4.69) is 39.8 Å². The highest BCUT2D eigenvalue weighted by atomic mass is 16.5. The zero-order valence-corrected chi connectivity index (χ0v) is 50.0. The van der Waals surface area contributed by atoms with Gasteiger partial charge in [0.1, 0.15) is 11.5 Å². The molecule has 0 radical (unpaired) electrons. The van der Waals surface area contributed by atoms with Crippen LogP contribution in [0.3, 0.4) is 0 Å². The third kappa shape index (κ3) is 15.9. The van der Waals surface area contributed by atoms with E-state index in [-0.39, 0.29) is 40.8 Å². The normalized spacial score (nSPS) is 30.3. The number of aliphatic hydroxyl groups excluding tert-OH is 2. The molecule has 4 saturated carbocycles. The number of fused-ring (bicyclic) bond motifs is 10. The number of carboxylic acid groups (broad SMARTS) is 1. The van der Waals surface area contributed by atoms with E-state index in [1.54, 1.807) is 0 Å². The zero-order valence-electron chi connectivity index (χ0n) is 50.0. The number of carbonyl (C=O) groups excluding carboxylic acids is 1. The second kappa shape index (κ2) is 30.8. The molecule has 0 aliphatic heterocycles. The molecule has 8 nitrogen and oxygen atoms in total. The number of benzene rings is 2. The first-order chi connectivity index (χ1) is 37.7. The number of hydrogen-bond acceptors (Lipinski definition) is 7. The third-order valence-corrected chi connectivity index (χ3v) is 22.1. The molecule has 0 bridgehead atoms. The van der Waals surface area contributed by atoms with Crippen molar-refractivity contribution in [2.75, 3.05) is 6.61 Å². The number of phenols is 2. The molecule has 5 N–H and O–H groups in total. The quantitative estimate of drug-likeness (QED) is 0.0371. The monoisotopic (exact) mass is 1080 g/mol. The van der Waals surface area contributed by atoms with E-state index < -0.39 is 5.97 Å². The molecule has 440 valence electrons. The minimum Gasteiger partial charge on any atom is -0.508 e. The first-order valence-corrected chi connectivity index (χ1v) is 33.1. The summed E-state index contributed by atoms with van der Waals surface area (Å²) in [4.78, 5) is 24.0. The average molecular weight is 1080 g/mol. The highest BCUT2D eigenvalue weighted by Gasteiger charge is 2.58. The lowest BCUT2D eigenvalue weighted by atomic mass is 9.51. The van der Waals surface area contributed by atoms with E-state index in [1.165, 1.54) is 151 Å². The molecule has 4 fully saturated rings. The number of unbranched alkanes of at least 4 members (excludes halogenated alkanes) is 16. The number of esters is 1. The topological polar surface area (TPSA) is 145 Å². The van der Waals surface area contributed by atoms with Crippen molar-refractivity contribution in [2.45, 2.75) is 290 Å². The molecule has 14 atom stereocenters. The minimum absolute atomic E-state index is 0.0209. The maximum absolute atomic E-state index is 12.4. The van der Waals surface area contributed by atoms with E-state index in [9.17, 15) is 35.1 Å². The Morgan fingerprint density at radius 1 is 0.526 bits per heavy atom. The molecule has 0 saturated heterocycles. The second-order valence-corrected chi connectivity index (χ2v) is 27.1. The number of carbonyl (C=O) groups is 2. The van der Waals surface area contributed by atoms with Gasteiger partial charge in [-0.15, -0.1) is 0 Å². The van der Waals surface area contributed by atoms with E-state index in [0.29, 0.717) is 65.4 Å². The lowest BCUT2D eigenvalue weighted by Crippen LogP contribution is -2.47. The molecule has 8 heteroatoms. The molecular formula is C70H112O8. The number of aryl methyl sites for hydroxylation is 2. The average Bonchev–Trinajstić information content (AvgIpc) is 4.10.